The number of rotatable bonds is 2. The number of benzene rings is 2. The van der Waals surface area contributed by atoms with Gasteiger partial charge in [-0.25, -0.2) is 9.18 Å². The molecule has 0 aliphatic carbocycles. The van der Waals surface area contributed by atoms with E-state index in [1.165, 1.54) is 11.6 Å². The topological polar surface area (TPSA) is 32.3 Å². The van der Waals surface area contributed by atoms with Gasteiger partial charge in [0, 0.05) is 12.2 Å². The van der Waals surface area contributed by atoms with Crippen molar-refractivity contribution in [1.82, 2.24) is 4.90 Å². The summed E-state index contributed by atoms with van der Waals surface area (Å²) in [6.45, 7) is 4.48. The van der Waals surface area contributed by atoms with E-state index in [2.05, 4.69) is 30.4 Å². The minimum absolute atomic E-state index is 0.0881. The van der Waals surface area contributed by atoms with Gasteiger partial charge in [-0.2, -0.15) is 0 Å². The van der Waals surface area contributed by atoms with Crippen molar-refractivity contribution < 1.29 is 9.18 Å². The first-order valence-corrected chi connectivity index (χ1v) is 7.95. The third kappa shape index (κ3) is 3.36. The lowest BCUT2D eigenvalue weighted by Crippen LogP contribution is -2.34. The summed E-state index contributed by atoms with van der Waals surface area (Å²) in [5, 5.41) is 2.81. The van der Waals surface area contributed by atoms with Crippen LogP contribution in [0.4, 0.5) is 14.9 Å². The number of carbonyl (C=O) groups is 1. The molecule has 1 aliphatic heterocycles. The van der Waals surface area contributed by atoms with Crippen LogP contribution in [0, 0.1) is 19.7 Å². The van der Waals surface area contributed by atoms with Crippen molar-refractivity contribution in [3.8, 4) is 0 Å². The van der Waals surface area contributed by atoms with Crippen LogP contribution in [0.15, 0.2) is 42.5 Å². The van der Waals surface area contributed by atoms with E-state index in [0.29, 0.717) is 11.3 Å². The van der Waals surface area contributed by atoms with E-state index in [1.54, 1.807) is 19.1 Å². The lowest BCUT2D eigenvalue weighted by atomic mass is 10.0. The maximum absolute atomic E-state index is 13.6. The fourth-order valence-electron chi connectivity index (χ4n) is 3.10. The normalized spacial score (nSPS) is 17.3. The van der Waals surface area contributed by atoms with E-state index in [0.717, 1.165) is 24.9 Å². The summed E-state index contributed by atoms with van der Waals surface area (Å²) in [4.78, 5) is 14.4. The van der Waals surface area contributed by atoms with Crippen molar-refractivity contribution in [1.29, 1.82) is 0 Å². The number of urea groups is 1. The summed E-state index contributed by atoms with van der Waals surface area (Å²) < 4.78 is 13.6. The second-order valence-corrected chi connectivity index (χ2v) is 6.16. The molecule has 0 saturated carbocycles. The van der Waals surface area contributed by atoms with Gasteiger partial charge in [-0.05, 0) is 49.9 Å². The molecule has 1 heterocycles. The summed E-state index contributed by atoms with van der Waals surface area (Å²) >= 11 is 0. The minimum atomic E-state index is -0.306. The summed E-state index contributed by atoms with van der Waals surface area (Å²) in [6, 6.07) is 13.0. The maximum atomic E-state index is 13.6. The van der Waals surface area contributed by atoms with Gasteiger partial charge in [0.1, 0.15) is 5.82 Å². The van der Waals surface area contributed by atoms with Crippen LogP contribution in [0.3, 0.4) is 0 Å². The van der Waals surface area contributed by atoms with Crippen LogP contribution < -0.4 is 5.32 Å². The largest absolute Gasteiger partial charge is 0.322 e. The summed E-state index contributed by atoms with van der Waals surface area (Å²) in [5.41, 5.74) is 3.41. The average molecular weight is 312 g/mol. The van der Waals surface area contributed by atoms with E-state index >= 15 is 0 Å². The van der Waals surface area contributed by atoms with Crippen molar-refractivity contribution in [2.45, 2.75) is 32.7 Å². The highest BCUT2D eigenvalue weighted by atomic mass is 19.1. The van der Waals surface area contributed by atoms with Gasteiger partial charge in [-0.1, -0.05) is 35.9 Å². The summed E-state index contributed by atoms with van der Waals surface area (Å²) in [5.74, 6) is -0.306. The Morgan fingerprint density at radius 3 is 2.78 bits per heavy atom. The predicted molar refractivity (Wildman–Crippen MR) is 90.0 cm³/mol. The van der Waals surface area contributed by atoms with Crippen LogP contribution in [0.2, 0.25) is 0 Å². The van der Waals surface area contributed by atoms with Gasteiger partial charge >= 0.3 is 6.03 Å². The monoisotopic (exact) mass is 312 g/mol. The molecule has 1 saturated heterocycles. The molecular formula is C19H21FN2O. The van der Waals surface area contributed by atoms with Crippen LogP contribution in [-0.2, 0) is 0 Å². The molecule has 0 unspecified atom stereocenters. The predicted octanol–water partition coefficient (Wildman–Crippen LogP) is 4.81. The zero-order chi connectivity index (χ0) is 16.4. The highest BCUT2D eigenvalue weighted by Crippen LogP contribution is 2.32. The first-order chi connectivity index (χ1) is 11.0. The van der Waals surface area contributed by atoms with Crippen molar-refractivity contribution in [3.63, 3.8) is 0 Å². The molecule has 1 atom stereocenters. The number of aryl methyl sites for hydroxylation is 2. The van der Waals surface area contributed by atoms with Gasteiger partial charge in [0.15, 0.2) is 0 Å². The van der Waals surface area contributed by atoms with Crippen molar-refractivity contribution in [2.24, 2.45) is 0 Å². The Kier molecular flexibility index (Phi) is 4.33. The third-order valence-corrected chi connectivity index (χ3v) is 4.36. The number of carbonyl (C=O) groups excluding carboxylic acids is 1. The van der Waals surface area contributed by atoms with E-state index in [-0.39, 0.29) is 17.9 Å². The molecule has 120 valence electrons. The Balaban J connectivity index is 1.76. The zero-order valence-electron chi connectivity index (χ0n) is 13.5. The summed E-state index contributed by atoms with van der Waals surface area (Å²) in [7, 11) is 0. The molecule has 0 radical (unpaired) electrons. The van der Waals surface area contributed by atoms with Crippen molar-refractivity contribution in [2.75, 3.05) is 11.9 Å². The van der Waals surface area contributed by atoms with E-state index in [9.17, 15) is 9.18 Å². The highest BCUT2D eigenvalue weighted by Gasteiger charge is 2.30. The van der Waals surface area contributed by atoms with Gasteiger partial charge < -0.3 is 10.2 Å². The third-order valence-electron chi connectivity index (χ3n) is 4.36. The molecule has 0 spiro atoms. The average Bonchev–Trinajstić information content (AvgIpc) is 3.00. The van der Waals surface area contributed by atoms with Gasteiger partial charge in [0.05, 0.1) is 6.04 Å². The molecular weight excluding hydrogens is 291 g/mol. The van der Waals surface area contributed by atoms with Gasteiger partial charge in [-0.3, -0.25) is 0 Å². The number of amides is 2. The molecule has 4 heteroatoms. The van der Waals surface area contributed by atoms with Crippen molar-refractivity contribution in [3.05, 3.63) is 65.0 Å². The van der Waals surface area contributed by atoms with E-state index < -0.39 is 0 Å². The van der Waals surface area contributed by atoms with Crippen LogP contribution in [0.1, 0.15) is 35.6 Å². The number of hydrogen-bond donors (Lipinski definition) is 1. The van der Waals surface area contributed by atoms with Crippen LogP contribution in [0.25, 0.3) is 0 Å². The van der Waals surface area contributed by atoms with E-state index in [1.807, 2.05) is 11.0 Å². The SMILES string of the molecule is Cc1cccc([C@@H]2CCCN2C(=O)Nc2ccc(C)c(F)c2)c1. The summed E-state index contributed by atoms with van der Waals surface area (Å²) in [6.07, 6.45) is 1.94. The molecule has 1 fully saturated rings. The second kappa shape index (κ2) is 6.41. The fraction of sp³-hybridized carbons (Fsp3) is 0.316. The Morgan fingerprint density at radius 2 is 2.04 bits per heavy atom. The van der Waals surface area contributed by atoms with Gasteiger partial charge in [-0.15, -0.1) is 0 Å². The Hall–Kier alpha value is -2.36. The minimum Gasteiger partial charge on any atom is -0.317 e. The lowest BCUT2D eigenvalue weighted by Gasteiger charge is -2.25. The quantitative estimate of drug-likeness (QED) is 0.848. The molecule has 1 N–H and O–H groups in total. The molecule has 23 heavy (non-hydrogen) atoms. The van der Waals surface area contributed by atoms with Crippen molar-refractivity contribution >= 4 is 11.7 Å². The van der Waals surface area contributed by atoms with E-state index in [4.69, 9.17) is 0 Å². The van der Waals surface area contributed by atoms with Crippen LogP contribution in [0.5, 0.6) is 0 Å². The number of anilines is 1. The van der Waals surface area contributed by atoms with Crippen LogP contribution in [-0.4, -0.2) is 17.5 Å². The van der Waals surface area contributed by atoms with Gasteiger partial charge in [0.25, 0.3) is 0 Å². The lowest BCUT2D eigenvalue weighted by molar-refractivity contribution is 0.207. The highest BCUT2D eigenvalue weighted by molar-refractivity contribution is 5.89. The number of halogens is 1. The Bertz CT molecular complexity index is 729. The molecule has 0 bridgehead atoms. The second-order valence-electron chi connectivity index (χ2n) is 6.16. The number of nitrogens with one attached hydrogen (secondary N) is 1. The first kappa shape index (κ1) is 15.5. The molecule has 0 aromatic heterocycles. The Labute approximate surface area is 136 Å². The standard InChI is InChI=1S/C19H21FN2O/c1-13-5-3-6-15(11-13)18-7-4-10-22(18)19(23)21-16-9-8-14(2)17(20)12-16/h3,5-6,8-9,11-12,18H,4,7,10H2,1-2H3,(H,21,23)/t18-/m0/s1. The fourth-order valence-corrected chi connectivity index (χ4v) is 3.10. The molecule has 3 rings (SSSR count). The Morgan fingerprint density at radius 1 is 1.22 bits per heavy atom. The number of hydrogen-bond acceptors (Lipinski definition) is 1. The molecule has 2 amide bonds. The van der Waals surface area contributed by atoms with Gasteiger partial charge in [0.2, 0.25) is 0 Å². The molecule has 2 aromatic rings. The molecule has 3 nitrogen and oxygen atoms in total. The maximum Gasteiger partial charge on any atom is 0.322 e. The first-order valence-electron chi connectivity index (χ1n) is 7.95. The molecule has 1 aliphatic rings. The number of likely N-dealkylation sites (tertiary alicyclic amines) is 1. The smallest absolute Gasteiger partial charge is 0.317 e. The molecule has 2 aromatic carbocycles. The number of nitrogens with zero attached hydrogens (tertiary/aromatic N) is 1. The zero-order valence-corrected chi connectivity index (χ0v) is 13.5. The van der Waals surface area contributed by atoms with Crippen LogP contribution >= 0.6 is 0 Å².